The number of ether oxygens (including phenoxy) is 1. The molecule has 0 aliphatic heterocycles. The van der Waals surface area contributed by atoms with E-state index in [2.05, 4.69) is 37.8 Å². The fourth-order valence-electron chi connectivity index (χ4n) is 1.000. The van der Waals surface area contributed by atoms with Crippen LogP contribution in [-0.2, 0) is 4.74 Å². The summed E-state index contributed by atoms with van der Waals surface area (Å²) in [7, 11) is 0. The Labute approximate surface area is 98.0 Å². The Bertz CT molecular complexity index is 341. The molecule has 0 N–H and O–H groups in total. The van der Waals surface area contributed by atoms with Crippen molar-refractivity contribution < 1.29 is 4.74 Å². The maximum absolute atomic E-state index is 5.38. The van der Waals surface area contributed by atoms with Crippen LogP contribution in [0.25, 0.3) is 0 Å². The second-order valence-corrected chi connectivity index (χ2v) is 6.18. The minimum atomic E-state index is 0.371. The van der Waals surface area contributed by atoms with Gasteiger partial charge in [-0.1, -0.05) is 0 Å². The molecule has 0 radical (unpaired) electrons. The standard InChI is InChI=1S/C13H16OSe/c1-11(2)9-14-10-12(3)15-13-7-5-4-6-8-13/h4-8,10H,1,9H2,2-3H3/b12-10-. The fourth-order valence-corrected chi connectivity index (χ4v) is 2.64. The van der Waals surface area contributed by atoms with E-state index in [0.717, 1.165) is 5.57 Å². The first-order valence-corrected chi connectivity index (χ1v) is 6.55. The van der Waals surface area contributed by atoms with Gasteiger partial charge in [0.1, 0.15) is 0 Å². The van der Waals surface area contributed by atoms with E-state index in [0.29, 0.717) is 21.6 Å². The van der Waals surface area contributed by atoms with Crippen molar-refractivity contribution >= 4 is 19.4 Å². The Morgan fingerprint density at radius 3 is 2.60 bits per heavy atom. The van der Waals surface area contributed by atoms with Gasteiger partial charge < -0.3 is 0 Å². The van der Waals surface area contributed by atoms with Crippen LogP contribution in [0, 0.1) is 0 Å². The zero-order chi connectivity index (χ0) is 11.1. The number of benzene rings is 1. The third-order valence-electron chi connectivity index (χ3n) is 1.60. The minimum absolute atomic E-state index is 0.371. The molecule has 0 amide bonds. The van der Waals surface area contributed by atoms with E-state index >= 15 is 0 Å². The SMILES string of the molecule is C=C(C)CO/C=C(/C)[Se]c1ccccc1. The molecule has 1 rings (SSSR count). The molecule has 0 spiro atoms. The quantitative estimate of drug-likeness (QED) is 0.452. The average Bonchev–Trinajstić information content (AvgIpc) is 2.18. The van der Waals surface area contributed by atoms with Crippen LogP contribution in [0.15, 0.2) is 53.2 Å². The Morgan fingerprint density at radius 1 is 1.33 bits per heavy atom. The average molecular weight is 267 g/mol. The number of hydrogen-bond acceptors (Lipinski definition) is 1. The predicted molar refractivity (Wildman–Crippen MR) is 66.4 cm³/mol. The van der Waals surface area contributed by atoms with Crippen LogP contribution in [-0.4, -0.2) is 21.6 Å². The summed E-state index contributed by atoms with van der Waals surface area (Å²) in [4.78, 5) is 0. The molecule has 0 bridgehead atoms. The van der Waals surface area contributed by atoms with Crippen molar-refractivity contribution in [2.24, 2.45) is 0 Å². The normalized spacial score (nSPS) is 11.2. The molecular formula is C13H16OSe. The van der Waals surface area contributed by atoms with Crippen LogP contribution in [0.2, 0.25) is 0 Å². The summed E-state index contributed by atoms with van der Waals surface area (Å²) in [5.74, 6) is 0. The van der Waals surface area contributed by atoms with Gasteiger partial charge in [0.05, 0.1) is 0 Å². The number of rotatable bonds is 5. The number of hydrogen-bond donors (Lipinski definition) is 0. The Kier molecular flexibility index (Phi) is 5.23. The van der Waals surface area contributed by atoms with E-state index in [-0.39, 0.29) is 0 Å². The van der Waals surface area contributed by atoms with Crippen LogP contribution in [0.4, 0.5) is 0 Å². The number of allylic oxidation sites excluding steroid dienone is 1. The van der Waals surface area contributed by atoms with E-state index < -0.39 is 0 Å². The predicted octanol–water partition coefficient (Wildman–Crippen LogP) is 2.47. The van der Waals surface area contributed by atoms with Gasteiger partial charge in [-0.05, 0) is 0 Å². The second-order valence-electron chi connectivity index (χ2n) is 3.41. The van der Waals surface area contributed by atoms with Crippen molar-refractivity contribution in [1.29, 1.82) is 0 Å². The van der Waals surface area contributed by atoms with Crippen molar-refractivity contribution in [2.75, 3.05) is 6.61 Å². The van der Waals surface area contributed by atoms with Crippen LogP contribution in [0.5, 0.6) is 0 Å². The zero-order valence-corrected chi connectivity index (χ0v) is 10.9. The first-order chi connectivity index (χ1) is 7.18. The molecule has 1 nitrogen and oxygen atoms in total. The molecule has 0 fully saturated rings. The van der Waals surface area contributed by atoms with Gasteiger partial charge in [0.25, 0.3) is 0 Å². The van der Waals surface area contributed by atoms with E-state index in [9.17, 15) is 0 Å². The van der Waals surface area contributed by atoms with E-state index in [4.69, 9.17) is 4.74 Å². The summed E-state index contributed by atoms with van der Waals surface area (Å²) in [6.45, 7) is 8.47. The first-order valence-electron chi connectivity index (χ1n) is 4.84. The topological polar surface area (TPSA) is 9.23 Å². The monoisotopic (exact) mass is 268 g/mol. The van der Waals surface area contributed by atoms with Crippen molar-refractivity contribution in [1.82, 2.24) is 0 Å². The Balaban J connectivity index is 2.41. The molecule has 0 aliphatic rings. The molecule has 1 aromatic rings. The molecule has 0 aliphatic carbocycles. The van der Waals surface area contributed by atoms with E-state index in [1.54, 1.807) is 0 Å². The molecule has 0 heterocycles. The van der Waals surface area contributed by atoms with Crippen molar-refractivity contribution in [3.05, 3.63) is 53.2 Å². The van der Waals surface area contributed by atoms with Gasteiger partial charge in [0, 0.05) is 0 Å². The van der Waals surface area contributed by atoms with Gasteiger partial charge in [0.15, 0.2) is 0 Å². The first kappa shape index (κ1) is 12.1. The summed E-state index contributed by atoms with van der Waals surface area (Å²) in [6.07, 6.45) is 1.85. The van der Waals surface area contributed by atoms with Crippen molar-refractivity contribution in [2.45, 2.75) is 13.8 Å². The molecule has 15 heavy (non-hydrogen) atoms. The maximum atomic E-state index is 5.38. The third-order valence-corrected chi connectivity index (χ3v) is 3.54. The Hall–Kier alpha value is -0.981. The summed E-state index contributed by atoms with van der Waals surface area (Å²) < 4.78 is 8.04. The van der Waals surface area contributed by atoms with E-state index in [1.807, 2.05) is 19.3 Å². The molecule has 2 heteroatoms. The third kappa shape index (κ3) is 5.46. The molecule has 0 saturated carbocycles. The summed E-state index contributed by atoms with van der Waals surface area (Å²) in [5.41, 5.74) is 1.05. The van der Waals surface area contributed by atoms with Gasteiger partial charge in [-0.25, -0.2) is 0 Å². The van der Waals surface area contributed by atoms with Gasteiger partial charge in [-0.15, -0.1) is 0 Å². The van der Waals surface area contributed by atoms with E-state index in [1.165, 1.54) is 8.93 Å². The molecule has 0 aromatic heterocycles. The van der Waals surface area contributed by atoms with Gasteiger partial charge >= 0.3 is 97.8 Å². The molecule has 0 saturated heterocycles. The van der Waals surface area contributed by atoms with Gasteiger partial charge in [-0.3, -0.25) is 0 Å². The molecule has 1 aromatic carbocycles. The van der Waals surface area contributed by atoms with Crippen LogP contribution in [0.3, 0.4) is 0 Å². The summed E-state index contributed by atoms with van der Waals surface area (Å²) >= 11 is 0.371. The van der Waals surface area contributed by atoms with Gasteiger partial charge in [0.2, 0.25) is 0 Å². The van der Waals surface area contributed by atoms with Crippen molar-refractivity contribution in [3.8, 4) is 0 Å². The van der Waals surface area contributed by atoms with Crippen LogP contribution < -0.4 is 4.46 Å². The fraction of sp³-hybridized carbons (Fsp3) is 0.231. The molecule has 0 unspecified atom stereocenters. The van der Waals surface area contributed by atoms with Crippen LogP contribution >= 0.6 is 0 Å². The molecular weight excluding hydrogens is 251 g/mol. The van der Waals surface area contributed by atoms with Crippen LogP contribution in [0.1, 0.15) is 13.8 Å². The van der Waals surface area contributed by atoms with Crippen molar-refractivity contribution in [3.63, 3.8) is 0 Å². The second kappa shape index (κ2) is 6.49. The summed E-state index contributed by atoms with van der Waals surface area (Å²) in [6, 6.07) is 10.5. The Morgan fingerprint density at radius 2 is 2.00 bits per heavy atom. The van der Waals surface area contributed by atoms with Gasteiger partial charge in [-0.2, -0.15) is 0 Å². The zero-order valence-electron chi connectivity index (χ0n) is 9.19. The molecule has 80 valence electrons. The summed E-state index contributed by atoms with van der Waals surface area (Å²) in [5, 5.41) is 0. The molecule has 0 atom stereocenters.